The van der Waals surface area contributed by atoms with Gasteiger partial charge in [-0.3, -0.25) is 9.59 Å². The molecule has 0 fully saturated rings. The second-order valence-corrected chi connectivity index (χ2v) is 10.9. The average molecular weight is 690 g/mol. The quantitative estimate of drug-likeness (QED) is 0.177. The number of nitrogens with zero attached hydrogens (tertiary/aromatic N) is 3. The number of fused-ring (bicyclic) bond motifs is 2. The van der Waals surface area contributed by atoms with Crippen LogP contribution in [0.1, 0.15) is 5.56 Å². The molecule has 0 saturated heterocycles. The Bertz CT molecular complexity index is 2070. The van der Waals surface area contributed by atoms with E-state index in [-0.39, 0.29) is 18.1 Å². The van der Waals surface area contributed by atoms with Crippen molar-refractivity contribution >= 4 is 71.5 Å². The second-order valence-electron chi connectivity index (χ2n) is 9.11. The van der Waals surface area contributed by atoms with Gasteiger partial charge in [0.25, 0.3) is 11.5 Å². The lowest BCUT2D eigenvalue weighted by molar-refractivity contribution is -0.118. The van der Waals surface area contributed by atoms with E-state index in [4.69, 9.17) is 14.1 Å². The number of hydrogen-bond donors (Lipinski definition) is 1. The zero-order valence-corrected chi connectivity index (χ0v) is 24.7. The molecule has 0 aliphatic carbocycles. The van der Waals surface area contributed by atoms with Crippen LogP contribution in [-0.4, -0.2) is 28.4 Å². The first-order valence-corrected chi connectivity index (χ1v) is 14.2. The van der Waals surface area contributed by atoms with E-state index in [1.54, 1.807) is 54.6 Å². The third-order valence-corrected chi connectivity index (χ3v) is 7.23. The molecule has 0 saturated carbocycles. The summed E-state index contributed by atoms with van der Waals surface area (Å²) < 4.78 is 28.5. The number of hydrogen-bond acceptors (Lipinski definition) is 6. The van der Waals surface area contributed by atoms with Crippen LogP contribution in [0.3, 0.4) is 0 Å². The van der Waals surface area contributed by atoms with Gasteiger partial charge in [0.2, 0.25) is 5.82 Å². The van der Waals surface area contributed by atoms with Gasteiger partial charge >= 0.3 is 0 Å². The van der Waals surface area contributed by atoms with Crippen molar-refractivity contribution in [3.8, 4) is 17.3 Å². The van der Waals surface area contributed by atoms with Crippen LogP contribution in [0.25, 0.3) is 33.5 Å². The summed E-state index contributed by atoms with van der Waals surface area (Å²) in [6.07, 6.45) is 1.44. The average Bonchev–Trinajstić information content (AvgIpc) is 3.40. The molecule has 2 heterocycles. The maximum atomic E-state index is 13.9. The van der Waals surface area contributed by atoms with Gasteiger partial charge in [0.15, 0.2) is 12.4 Å². The number of anilines is 1. The molecule has 0 aliphatic heterocycles. The van der Waals surface area contributed by atoms with Gasteiger partial charge in [-0.05, 0) is 66.7 Å². The van der Waals surface area contributed by atoms with Gasteiger partial charge in [0.1, 0.15) is 17.1 Å². The summed E-state index contributed by atoms with van der Waals surface area (Å²) in [5.41, 5.74) is 1.26. The molecule has 208 valence electrons. The monoisotopic (exact) mass is 688 g/mol. The number of aromatic nitrogens is 2. The Balaban J connectivity index is 1.36. The van der Waals surface area contributed by atoms with Crippen molar-refractivity contribution in [3.63, 3.8) is 0 Å². The van der Waals surface area contributed by atoms with Gasteiger partial charge in [0, 0.05) is 19.9 Å². The number of furan rings is 1. The summed E-state index contributed by atoms with van der Waals surface area (Å²) in [7, 11) is 0. The Morgan fingerprint density at radius 2 is 1.76 bits per heavy atom. The molecule has 8 nitrogen and oxygen atoms in total. The van der Waals surface area contributed by atoms with Gasteiger partial charge in [0.05, 0.1) is 22.8 Å². The molecule has 6 aromatic rings. The molecule has 4 aromatic carbocycles. The number of rotatable bonds is 7. The smallest absolute Gasteiger partial charge is 0.282 e. The Labute approximate surface area is 254 Å². The minimum Gasteiger partial charge on any atom is -0.483 e. The molecule has 1 amide bonds. The number of amides is 1. The molecule has 0 spiro atoms. The lowest BCUT2D eigenvalue weighted by Crippen LogP contribution is -2.21. The van der Waals surface area contributed by atoms with Crippen molar-refractivity contribution in [3.05, 3.63) is 122 Å². The lowest BCUT2D eigenvalue weighted by atomic mass is 10.2. The maximum absolute atomic E-state index is 13.9. The standard InChI is InChI=1S/C31H19Br2FN4O4/c32-20-10-12-27-18(13-20)15-28(42-27)30-37-24-7-3-1-5-22(24)31(40)38(30)35-16-19-14-21(33)9-11-26(19)41-17-29(39)36-25-8-4-2-6-23(25)34/h1-16H,17H2,(H,36,39). The molecular weight excluding hydrogens is 671 g/mol. The summed E-state index contributed by atoms with van der Waals surface area (Å²) in [5.74, 6) is -0.200. The molecule has 11 heteroatoms. The number of para-hydroxylation sites is 2. The minimum absolute atomic E-state index is 0.0531. The Kier molecular flexibility index (Phi) is 7.68. The van der Waals surface area contributed by atoms with Crippen LogP contribution in [0.5, 0.6) is 5.75 Å². The summed E-state index contributed by atoms with van der Waals surface area (Å²) >= 11 is 6.91. The van der Waals surface area contributed by atoms with Crippen LogP contribution >= 0.6 is 31.9 Å². The molecule has 0 bridgehead atoms. The SMILES string of the molecule is O=C(COc1ccc(Br)cc1C=Nn1c(-c2cc3cc(Br)ccc3o2)nc2ccccc2c1=O)Nc1ccccc1F. The largest absolute Gasteiger partial charge is 0.483 e. The number of carbonyl (C=O) groups is 1. The summed E-state index contributed by atoms with van der Waals surface area (Å²) in [6, 6.07) is 25.3. The molecule has 0 unspecified atom stereocenters. The van der Waals surface area contributed by atoms with E-state index in [2.05, 4.69) is 42.3 Å². The summed E-state index contributed by atoms with van der Waals surface area (Å²) in [4.78, 5) is 30.8. The zero-order chi connectivity index (χ0) is 29.2. The van der Waals surface area contributed by atoms with E-state index in [9.17, 15) is 14.0 Å². The van der Waals surface area contributed by atoms with Crippen molar-refractivity contribution in [2.24, 2.45) is 5.10 Å². The zero-order valence-electron chi connectivity index (χ0n) is 21.6. The van der Waals surface area contributed by atoms with E-state index in [0.29, 0.717) is 33.6 Å². The Morgan fingerprint density at radius 3 is 2.62 bits per heavy atom. The fraction of sp³-hybridized carbons (Fsp3) is 0.0323. The third kappa shape index (κ3) is 5.74. The van der Waals surface area contributed by atoms with Gasteiger partial charge in [-0.2, -0.15) is 9.78 Å². The molecule has 0 radical (unpaired) electrons. The molecule has 6 rings (SSSR count). The van der Waals surface area contributed by atoms with Gasteiger partial charge in [-0.1, -0.05) is 56.1 Å². The van der Waals surface area contributed by atoms with E-state index in [0.717, 1.165) is 14.3 Å². The minimum atomic E-state index is -0.551. The highest BCUT2D eigenvalue weighted by atomic mass is 79.9. The molecule has 0 aliphatic rings. The topological polar surface area (TPSA) is 98.7 Å². The van der Waals surface area contributed by atoms with Gasteiger partial charge < -0.3 is 14.5 Å². The fourth-order valence-corrected chi connectivity index (χ4v) is 5.04. The number of carbonyl (C=O) groups excluding carboxylic acids is 1. The first-order chi connectivity index (χ1) is 20.4. The van der Waals surface area contributed by atoms with Crippen LogP contribution in [0.2, 0.25) is 0 Å². The highest BCUT2D eigenvalue weighted by Crippen LogP contribution is 2.29. The van der Waals surface area contributed by atoms with Crippen LogP contribution in [0, 0.1) is 5.82 Å². The summed E-state index contributed by atoms with van der Waals surface area (Å²) in [5, 5.41) is 8.19. The third-order valence-electron chi connectivity index (χ3n) is 6.24. The first kappa shape index (κ1) is 27.6. The molecule has 2 aromatic heterocycles. The normalized spacial score (nSPS) is 11.4. The van der Waals surface area contributed by atoms with Crippen molar-refractivity contribution in [2.75, 3.05) is 11.9 Å². The number of halogens is 3. The number of ether oxygens (including phenoxy) is 1. The van der Waals surface area contributed by atoms with Gasteiger partial charge in [-0.25, -0.2) is 9.37 Å². The molecular formula is C31H19Br2FN4O4. The van der Waals surface area contributed by atoms with Crippen molar-refractivity contribution in [2.45, 2.75) is 0 Å². The van der Waals surface area contributed by atoms with Crippen LogP contribution in [-0.2, 0) is 4.79 Å². The second kappa shape index (κ2) is 11.7. The van der Waals surface area contributed by atoms with Crippen molar-refractivity contribution < 1.29 is 18.3 Å². The number of benzene rings is 4. The van der Waals surface area contributed by atoms with Crippen LogP contribution in [0.15, 0.2) is 114 Å². The maximum Gasteiger partial charge on any atom is 0.282 e. The van der Waals surface area contributed by atoms with E-state index >= 15 is 0 Å². The number of nitrogens with one attached hydrogen (secondary N) is 1. The summed E-state index contributed by atoms with van der Waals surface area (Å²) in [6.45, 7) is -0.381. The van der Waals surface area contributed by atoms with E-state index < -0.39 is 17.3 Å². The molecule has 42 heavy (non-hydrogen) atoms. The Hall–Kier alpha value is -4.61. The molecule has 0 atom stereocenters. The first-order valence-electron chi connectivity index (χ1n) is 12.6. The van der Waals surface area contributed by atoms with Crippen molar-refractivity contribution in [1.82, 2.24) is 9.66 Å². The predicted molar refractivity (Wildman–Crippen MR) is 167 cm³/mol. The highest BCUT2D eigenvalue weighted by Gasteiger charge is 2.17. The van der Waals surface area contributed by atoms with Crippen LogP contribution < -0.4 is 15.6 Å². The highest BCUT2D eigenvalue weighted by molar-refractivity contribution is 9.10. The van der Waals surface area contributed by atoms with Crippen LogP contribution in [0.4, 0.5) is 10.1 Å². The van der Waals surface area contributed by atoms with Crippen molar-refractivity contribution in [1.29, 1.82) is 0 Å². The lowest BCUT2D eigenvalue weighted by Gasteiger charge is -2.11. The van der Waals surface area contributed by atoms with Gasteiger partial charge in [-0.15, -0.1) is 0 Å². The predicted octanol–water partition coefficient (Wildman–Crippen LogP) is 7.37. The fourth-order valence-electron chi connectivity index (χ4n) is 4.28. The van der Waals surface area contributed by atoms with E-state index in [1.165, 1.54) is 29.1 Å². The Morgan fingerprint density at radius 1 is 1.00 bits per heavy atom. The molecule has 1 N–H and O–H groups in total. The van der Waals surface area contributed by atoms with E-state index in [1.807, 2.05) is 18.2 Å².